The number of aromatic amines is 1. The average Bonchev–Trinajstić information content (AvgIpc) is 2.87. The number of hydrogen-bond donors (Lipinski definition) is 2. The lowest BCUT2D eigenvalue weighted by molar-refractivity contribution is 0.415. The molecule has 0 saturated carbocycles. The molecule has 1 aromatic heterocycles. The zero-order chi connectivity index (χ0) is 13.7. The predicted octanol–water partition coefficient (Wildman–Crippen LogP) is 2.83. The van der Waals surface area contributed by atoms with Crippen LogP contribution in [0.1, 0.15) is 19.4 Å². The molecule has 4 heteroatoms. The van der Waals surface area contributed by atoms with Gasteiger partial charge in [-0.05, 0) is 24.6 Å². The van der Waals surface area contributed by atoms with Crippen LogP contribution in [0.4, 0.5) is 0 Å². The number of nitrogens with zero attached hydrogens (tertiary/aromatic N) is 1. The van der Waals surface area contributed by atoms with Gasteiger partial charge in [0.05, 0.1) is 19.0 Å². The van der Waals surface area contributed by atoms with Gasteiger partial charge in [-0.25, -0.2) is 0 Å². The lowest BCUT2D eigenvalue weighted by Crippen LogP contribution is -2.19. The van der Waals surface area contributed by atoms with Crippen LogP contribution in [0.15, 0.2) is 30.5 Å². The van der Waals surface area contributed by atoms with E-state index in [4.69, 9.17) is 4.74 Å². The first-order valence-corrected chi connectivity index (χ1v) is 6.58. The fraction of sp³-hybridized carbons (Fsp3) is 0.400. The summed E-state index contributed by atoms with van der Waals surface area (Å²) in [4.78, 5) is 0. The Bertz CT molecular complexity index is 520. The van der Waals surface area contributed by atoms with Crippen molar-refractivity contribution in [2.24, 2.45) is 5.92 Å². The van der Waals surface area contributed by atoms with Gasteiger partial charge < -0.3 is 10.1 Å². The van der Waals surface area contributed by atoms with E-state index in [1.807, 2.05) is 24.4 Å². The number of nitrogens with one attached hydrogen (secondary N) is 2. The van der Waals surface area contributed by atoms with E-state index in [1.165, 1.54) is 5.56 Å². The molecule has 1 heterocycles. The van der Waals surface area contributed by atoms with E-state index >= 15 is 0 Å². The maximum absolute atomic E-state index is 5.26. The van der Waals surface area contributed by atoms with Gasteiger partial charge in [0.25, 0.3) is 0 Å². The number of H-pyrrole nitrogens is 1. The quantitative estimate of drug-likeness (QED) is 0.838. The Morgan fingerprint density at radius 2 is 2.21 bits per heavy atom. The third kappa shape index (κ3) is 3.58. The fourth-order valence-electron chi connectivity index (χ4n) is 1.97. The lowest BCUT2D eigenvalue weighted by atomic mass is 10.1. The molecule has 0 saturated heterocycles. The summed E-state index contributed by atoms with van der Waals surface area (Å²) in [6.07, 6.45) is 1.88. The van der Waals surface area contributed by atoms with E-state index < -0.39 is 0 Å². The summed E-state index contributed by atoms with van der Waals surface area (Å²) in [5, 5.41) is 10.6. The van der Waals surface area contributed by atoms with Gasteiger partial charge in [-0.15, -0.1) is 0 Å². The highest BCUT2D eigenvalue weighted by atomic mass is 16.5. The molecule has 0 aliphatic rings. The van der Waals surface area contributed by atoms with E-state index in [0.29, 0.717) is 5.92 Å². The second kappa shape index (κ2) is 6.38. The van der Waals surface area contributed by atoms with Crippen LogP contribution in [0.2, 0.25) is 0 Å². The van der Waals surface area contributed by atoms with Gasteiger partial charge in [0, 0.05) is 17.7 Å². The zero-order valence-electron chi connectivity index (χ0n) is 11.7. The Morgan fingerprint density at radius 3 is 2.95 bits per heavy atom. The van der Waals surface area contributed by atoms with Crippen molar-refractivity contribution in [1.82, 2.24) is 15.5 Å². The largest absolute Gasteiger partial charge is 0.497 e. The van der Waals surface area contributed by atoms with Crippen LogP contribution in [0, 0.1) is 5.92 Å². The van der Waals surface area contributed by atoms with Crippen LogP contribution < -0.4 is 10.1 Å². The summed E-state index contributed by atoms with van der Waals surface area (Å²) in [5.41, 5.74) is 3.32. The number of rotatable bonds is 6. The minimum Gasteiger partial charge on any atom is -0.497 e. The number of ether oxygens (including phenoxy) is 1. The van der Waals surface area contributed by atoms with Gasteiger partial charge >= 0.3 is 0 Å². The third-order valence-electron chi connectivity index (χ3n) is 2.94. The molecule has 4 nitrogen and oxygen atoms in total. The van der Waals surface area contributed by atoms with Crippen molar-refractivity contribution in [2.75, 3.05) is 13.7 Å². The molecule has 2 rings (SSSR count). The van der Waals surface area contributed by atoms with Gasteiger partial charge in [0.1, 0.15) is 5.75 Å². The van der Waals surface area contributed by atoms with Gasteiger partial charge in [-0.2, -0.15) is 5.10 Å². The molecule has 19 heavy (non-hydrogen) atoms. The van der Waals surface area contributed by atoms with Gasteiger partial charge in [-0.3, -0.25) is 5.10 Å². The third-order valence-corrected chi connectivity index (χ3v) is 2.94. The first-order chi connectivity index (χ1) is 9.20. The minimum absolute atomic E-state index is 0.646. The Hall–Kier alpha value is -1.81. The Balaban J connectivity index is 2.14. The van der Waals surface area contributed by atoms with E-state index in [9.17, 15) is 0 Å². The summed E-state index contributed by atoms with van der Waals surface area (Å²) in [5.74, 6) is 1.50. The molecule has 0 atom stereocenters. The molecule has 0 unspecified atom stereocenters. The number of methoxy groups -OCH3 is 1. The van der Waals surface area contributed by atoms with Gasteiger partial charge in [0.2, 0.25) is 0 Å². The number of benzene rings is 1. The van der Waals surface area contributed by atoms with Crippen molar-refractivity contribution in [2.45, 2.75) is 20.4 Å². The average molecular weight is 259 g/mol. The number of hydrogen-bond acceptors (Lipinski definition) is 3. The molecule has 0 bridgehead atoms. The van der Waals surface area contributed by atoms with Crippen LogP contribution in [0.5, 0.6) is 5.75 Å². The maximum atomic E-state index is 5.26. The molecule has 1 aromatic carbocycles. The molecule has 2 N–H and O–H groups in total. The smallest absolute Gasteiger partial charge is 0.119 e. The van der Waals surface area contributed by atoms with Gasteiger partial charge in [-0.1, -0.05) is 26.0 Å². The molecule has 0 radical (unpaired) electrons. The topological polar surface area (TPSA) is 49.9 Å². The predicted molar refractivity (Wildman–Crippen MR) is 77.1 cm³/mol. The van der Waals surface area contributed by atoms with Crippen molar-refractivity contribution in [1.29, 1.82) is 0 Å². The standard InChI is InChI=1S/C15H21N3O/c1-11(2)8-16-9-13-10-17-18-15(13)12-5-4-6-14(7-12)19-3/h4-7,10-11,16H,8-9H2,1-3H3,(H,17,18). The molecule has 2 aromatic rings. The van der Waals surface area contributed by atoms with E-state index in [1.54, 1.807) is 7.11 Å². The normalized spacial score (nSPS) is 10.9. The summed E-state index contributed by atoms with van der Waals surface area (Å²) < 4.78 is 5.26. The summed E-state index contributed by atoms with van der Waals surface area (Å²) in [7, 11) is 1.68. The molecule has 0 aliphatic heterocycles. The summed E-state index contributed by atoms with van der Waals surface area (Å²) in [6.45, 7) is 6.22. The Labute approximate surface area is 114 Å². The van der Waals surface area contributed by atoms with Crippen LogP contribution in [0.25, 0.3) is 11.3 Å². The lowest BCUT2D eigenvalue weighted by Gasteiger charge is -2.08. The highest BCUT2D eigenvalue weighted by Gasteiger charge is 2.08. The van der Waals surface area contributed by atoms with E-state index in [2.05, 4.69) is 35.4 Å². The number of aromatic nitrogens is 2. The first-order valence-electron chi connectivity index (χ1n) is 6.58. The molecule has 0 fully saturated rings. The monoisotopic (exact) mass is 259 g/mol. The van der Waals surface area contributed by atoms with Gasteiger partial charge in [0.15, 0.2) is 0 Å². The van der Waals surface area contributed by atoms with Crippen molar-refractivity contribution in [3.8, 4) is 17.0 Å². The van der Waals surface area contributed by atoms with Crippen LogP contribution in [0.3, 0.4) is 0 Å². The van der Waals surface area contributed by atoms with Crippen molar-refractivity contribution < 1.29 is 4.74 Å². The molecular formula is C15H21N3O. The molecule has 0 spiro atoms. The van der Waals surface area contributed by atoms with Crippen molar-refractivity contribution in [3.05, 3.63) is 36.0 Å². The molecule has 0 aliphatic carbocycles. The van der Waals surface area contributed by atoms with Crippen LogP contribution in [-0.2, 0) is 6.54 Å². The zero-order valence-corrected chi connectivity index (χ0v) is 11.7. The van der Waals surface area contributed by atoms with Crippen LogP contribution >= 0.6 is 0 Å². The Morgan fingerprint density at radius 1 is 1.37 bits per heavy atom. The van der Waals surface area contributed by atoms with Crippen molar-refractivity contribution in [3.63, 3.8) is 0 Å². The van der Waals surface area contributed by atoms with E-state index in [0.717, 1.165) is 30.1 Å². The fourth-order valence-corrected chi connectivity index (χ4v) is 1.97. The van der Waals surface area contributed by atoms with E-state index in [-0.39, 0.29) is 0 Å². The maximum Gasteiger partial charge on any atom is 0.119 e. The summed E-state index contributed by atoms with van der Waals surface area (Å²) in [6, 6.07) is 8.00. The SMILES string of the molecule is COc1cccc(-c2[nH]ncc2CNCC(C)C)c1. The first kappa shape index (κ1) is 13.6. The van der Waals surface area contributed by atoms with Crippen LogP contribution in [-0.4, -0.2) is 23.9 Å². The minimum atomic E-state index is 0.646. The highest BCUT2D eigenvalue weighted by Crippen LogP contribution is 2.24. The van der Waals surface area contributed by atoms with Crippen molar-refractivity contribution >= 4 is 0 Å². The highest BCUT2D eigenvalue weighted by molar-refractivity contribution is 5.64. The second-order valence-electron chi connectivity index (χ2n) is 5.03. The Kier molecular flexibility index (Phi) is 4.58. The summed E-state index contributed by atoms with van der Waals surface area (Å²) >= 11 is 0. The molecule has 0 amide bonds. The second-order valence-corrected chi connectivity index (χ2v) is 5.03. The molecular weight excluding hydrogens is 238 g/mol. The molecule has 102 valence electrons.